The lowest BCUT2D eigenvalue weighted by atomic mass is 9.97. The first-order valence-electron chi connectivity index (χ1n) is 12.0. The number of benzene rings is 1. The Kier molecular flexibility index (Phi) is 17.5. The summed E-state index contributed by atoms with van der Waals surface area (Å²) < 4.78 is 5.67. The summed E-state index contributed by atoms with van der Waals surface area (Å²) in [4.78, 5) is 41.0. The van der Waals surface area contributed by atoms with Crippen molar-refractivity contribution in [1.82, 2.24) is 4.90 Å². The molecule has 1 aliphatic rings. The van der Waals surface area contributed by atoms with Crippen LogP contribution in [0.5, 0.6) is 5.75 Å². The zero-order chi connectivity index (χ0) is 28.2. The molecule has 6 N–H and O–H groups in total. The van der Waals surface area contributed by atoms with E-state index < -0.39 is 23.9 Å². The largest absolute Gasteiger partial charge is 0.494 e. The van der Waals surface area contributed by atoms with Crippen molar-refractivity contribution in [2.24, 2.45) is 11.7 Å². The van der Waals surface area contributed by atoms with Crippen LogP contribution >= 0.6 is 0 Å². The third-order valence-corrected chi connectivity index (χ3v) is 5.23. The Hall–Kier alpha value is -3.69. The summed E-state index contributed by atoms with van der Waals surface area (Å²) in [6.07, 6.45) is 2.22. The van der Waals surface area contributed by atoms with Gasteiger partial charge in [0.15, 0.2) is 0 Å². The van der Waals surface area contributed by atoms with Crippen molar-refractivity contribution in [1.29, 1.82) is 5.26 Å². The second kappa shape index (κ2) is 19.5. The van der Waals surface area contributed by atoms with Crippen LogP contribution in [0.25, 0.3) is 0 Å². The molecule has 1 aliphatic heterocycles. The third-order valence-electron chi connectivity index (χ3n) is 5.23. The van der Waals surface area contributed by atoms with Crippen LogP contribution in [0, 0.1) is 17.2 Å². The molecule has 1 saturated heterocycles. The molecule has 2 rings (SSSR count). The molecular formula is C25H37N3O9. The number of nitriles is 1. The van der Waals surface area contributed by atoms with Gasteiger partial charge >= 0.3 is 23.9 Å². The highest BCUT2D eigenvalue weighted by Gasteiger charge is 2.18. The van der Waals surface area contributed by atoms with Crippen LogP contribution in [0.3, 0.4) is 0 Å². The quantitative estimate of drug-likeness (QED) is 0.266. The van der Waals surface area contributed by atoms with Gasteiger partial charge in [0.05, 0.1) is 43.9 Å². The van der Waals surface area contributed by atoms with E-state index in [0.29, 0.717) is 18.1 Å². The average molecular weight is 524 g/mol. The van der Waals surface area contributed by atoms with Crippen LogP contribution in [0.1, 0.15) is 56.6 Å². The van der Waals surface area contributed by atoms with Crippen molar-refractivity contribution in [2.75, 3.05) is 32.8 Å². The fourth-order valence-corrected chi connectivity index (χ4v) is 3.39. The lowest BCUT2D eigenvalue weighted by Gasteiger charge is -2.32. The van der Waals surface area contributed by atoms with Gasteiger partial charge in [0.25, 0.3) is 0 Å². The number of carbonyl (C=O) groups is 4. The topological polar surface area (TPSA) is 211 Å². The summed E-state index contributed by atoms with van der Waals surface area (Å²) in [6, 6.07) is 7.89. The van der Waals surface area contributed by atoms with E-state index in [1.54, 1.807) is 0 Å². The zero-order valence-electron chi connectivity index (χ0n) is 21.1. The number of aliphatic carboxylic acids is 4. The van der Waals surface area contributed by atoms with Crippen molar-refractivity contribution in [2.45, 2.75) is 51.9 Å². The molecule has 0 spiro atoms. The number of hydrogen-bond donors (Lipinski definition) is 5. The Labute approximate surface area is 216 Å². The van der Waals surface area contributed by atoms with Gasteiger partial charge in [-0.15, -0.1) is 0 Å². The predicted octanol–water partition coefficient (Wildman–Crippen LogP) is 2.04. The van der Waals surface area contributed by atoms with E-state index in [2.05, 4.69) is 11.0 Å². The van der Waals surface area contributed by atoms with Crippen molar-refractivity contribution >= 4 is 23.9 Å². The first kappa shape index (κ1) is 33.3. The first-order chi connectivity index (χ1) is 17.5. The molecule has 12 nitrogen and oxygen atoms in total. The number of ether oxygens (including phenoxy) is 1. The summed E-state index contributed by atoms with van der Waals surface area (Å²) in [5, 5.41) is 40.6. The molecule has 1 fully saturated rings. The van der Waals surface area contributed by atoms with E-state index in [9.17, 15) is 19.2 Å². The Morgan fingerprint density at radius 2 is 1.57 bits per heavy atom. The van der Waals surface area contributed by atoms with Gasteiger partial charge in [-0.25, -0.2) is 0 Å². The van der Waals surface area contributed by atoms with E-state index >= 15 is 0 Å². The van der Waals surface area contributed by atoms with Gasteiger partial charge < -0.3 is 35.8 Å². The molecule has 12 heteroatoms. The maximum Gasteiger partial charge on any atom is 0.303 e. The number of likely N-dealkylation sites (tertiary alicyclic amines) is 1. The van der Waals surface area contributed by atoms with E-state index in [1.165, 1.54) is 12.8 Å². The maximum absolute atomic E-state index is 9.64. The molecule has 37 heavy (non-hydrogen) atoms. The maximum atomic E-state index is 9.64. The molecule has 0 saturated carbocycles. The van der Waals surface area contributed by atoms with E-state index in [4.69, 9.17) is 36.2 Å². The second-order valence-corrected chi connectivity index (χ2v) is 8.24. The predicted molar refractivity (Wildman–Crippen MR) is 133 cm³/mol. The van der Waals surface area contributed by atoms with Gasteiger partial charge in [-0.05, 0) is 69.0 Å². The highest BCUT2D eigenvalue weighted by molar-refractivity contribution is 5.75. The monoisotopic (exact) mass is 523 g/mol. The number of carboxylic acid groups (broad SMARTS) is 4. The minimum absolute atomic E-state index is 0.296. The summed E-state index contributed by atoms with van der Waals surface area (Å²) in [5.74, 6) is -2.76. The highest BCUT2D eigenvalue weighted by Crippen LogP contribution is 2.22. The van der Waals surface area contributed by atoms with Gasteiger partial charge in [0.2, 0.25) is 0 Å². The van der Waals surface area contributed by atoms with Crippen molar-refractivity contribution in [3.05, 3.63) is 29.3 Å². The average Bonchev–Trinajstić information content (AvgIpc) is 2.86. The number of hydrogen-bond acceptors (Lipinski definition) is 8. The number of carboxylic acids is 4. The second-order valence-electron chi connectivity index (χ2n) is 8.24. The Morgan fingerprint density at radius 1 is 1.03 bits per heavy atom. The fourth-order valence-electron chi connectivity index (χ4n) is 3.39. The van der Waals surface area contributed by atoms with Gasteiger partial charge in [0, 0.05) is 13.1 Å². The lowest BCUT2D eigenvalue weighted by Crippen LogP contribution is -2.39. The Morgan fingerprint density at radius 3 is 2.00 bits per heavy atom. The van der Waals surface area contributed by atoms with Gasteiger partial charge in [0.1, 0.15) is 5.75 Å². The molecular weight excluding hydrogens is 486 g/mol. The van der Waals surface area contributed by atoms with Crippen molar-refractivity contribution < 1.29 is 44.3 Å². The smallest absolute Gasteiger partial charge is 0.303 e. The molecule has 0 amide bonds. The third kappa shape index (κ3) is 17.4. The SMILES string of the molecule is CCOc1ccc(C#N)cc1CCN1CCC[C@@H](CN)C1.O=C(O)CCC(=O)O.O=C(O)CCC(=O)O. The minimum Gasteiger partial charge on any atom is -0.494 e. The molecule has 1 heterocycles. The van der Waals surface area contributed by atoms with E-state index in [-0.39, 0.29) is 25.7 Å². The van der Waals surface area contributed by atoms with Gasteiger partial charge in [-0.3, -0.25) is 19.2 Å². The molecule has 0 aliphatic carbocycles. The normalized spacial score (nSPS) is 14.6. The van der Waals surface area contributed by atoms with Crippen LogP contribution in [0.4, 0.5) is 0 Å². The minimum atomic E-state index is -1.08. The van der Waals surface area contributed by atoms with Gasteiger partial charge in [-0.1, -0.05) is 0 Å². The Balaban J connectivity index is 0.000000669. The summed E-state index contributed by atoms with van der Waals surface area (Å²) >= 11 is 0. The van der Waals surface area contributed by atoms with Crippen molar-refractivity contribution in [3.8, 4) is 11.8 Å². The summed E-state index contributed by atoms with van der Waals surface area (Å²) in [6.45, 7) is 6.67. The lowest BCUT2D eigenvalue weighted by molar-refractivity contribution is -0.143. The summed E-state index contributed by atoms with van der Waals surface area (Å²) in [7, 11) is 0. The Bertz CT molecular complexity index is 859. The zero-order valence-corrected chi connectivity index (χ0v) is 21.1. The molecule has 206 valence electrons. The summed E-state index contributed by atoms with van der Waals surface area (Å²) in [5.41, 5.74) is 7.62. The molecule has 0 aromatic heterocycles. The molecule has 1 atom stereocenters. The molecule has 1 aromatic rings. The fraction of sp³-hybridized carbons (Fsp3) is 0.560. The van der Waals surface area contributed by atoms with Crippen LogP contribution in [0.15, 0.2) is 18.2 Å². The van der Waals surface area contributed by atoms with E-state index in [0.717, 1.165) is 43.9 Å². The molecule has 0 bridgehead atoms. The number of piperidine rings is 1. The van der Waals surface area contributed by atoms with Crippen LogP contribution in [-0.4, -0.2) is 82.0 Å². The highest BCUT2D eigenvalue weighted by atomic mass is 16.5. The van der Waals surface area contributed by atoms with Crippen LogP contribution in [-0.2, 0) is 25.6 Å². The molecule has 1 aromatic carbocycles. The number of rotatable bonds is 12. The van der Waals surface area contributed by atoms with Crippen molar-refractivity contribution in [3.63, 3.8) is 0 Å². The van der Waals surface area contributed by atoms with Gasteiger partial charge in [-0.2, -0.15) is 5.26 Å². The number of nitrogens with two attached hydrogens (primary N) is 1. The standard InChI is InChI=1S/C17H25N3O.2C4H6O4/c1-2-21-17-6-5-14(11-18)10-16(17)7-9-20-8-3-4-15(12-19)13-20;2*5-3(6)1-2-4(7)8/h5-6,10,15H,2-4,7-9,12-13,19H2,1H3;2*1-2H2,(H,5,6)(H,7,8)/t15-;;/m0../s1. The molecule has 0 radical (unpaired) electrons. The molecule has 0 unspecified atom stereocenters. The van der Waals surface area contributed by atoms with Crippen LogP contribution < -0.4 is 10.5 Å². The number of nitrogens with zero attached hydrogens (tertiary/aromatic N) is 2. The first-order valence-corrected chi connectivity index (χ1v) is 12.0. The van der Waals surface area contributed by atoms with E-state index in [1.807, 2.05) is 25.1 Å². The van der Waals surface area contributed by atoms with Crippen LogP contribution in [0.2, 0.25) is 0 Å².